The standard InChI is InChI=1S/C9H9BrFNO4/c10-7-3(1-5(12)9(15)16)8(14)6(13)2-4(7)11/h2,5,13-14H,1,12H2,(H,15,16). The van der Waals surface area contributed by atoms with Gasteiger partial charge in [0.25, 0.3) is 0 Å². The van der Waals surface area contributed by atoms with Crippen molar-refractivity contribution in [2.24, 2.45) is 5.73 Å². The third kappa shape index (κ3) is 2.42. The normalized spacial score (nSPS) is 12.4. The van der Waals surface area contributed by atoms with Crippen LogP contribution in [-0.4, -0.2) is 27.3 Å². The molecule has 0 aliphatic rings. The molecule has 0 bridgehead atoms. The van der Waals surface area contributed by atoms with E-state index in [2.05, 4.69) is 15.9 Å². The number of phenolic OH excluding ortho intramolecular Hbond substituents is 2. The summed E-state index contributed by atoms with van der Waals surface area (Å²) in [5.74, 6) is -3.32. The molecule has 0 heterocycles. The van der Waals surface area contributed by atoms with Gasteiger partial charge in [0.1, 0.15) is 11.9 Å². The highest BCUT2D eigenvalue weighted by atomic mass is 79.9. The molecule has 1 unspecified atom stereocenters. The van der Waals surface area contributed by atoms with E-state index >= 15 is 0 Å². The summed E-state index contributed by atoms with van der Waals surface area (Å²) in [5, 5.41) is 27.2. The Morgan fingerprint density at radius 3 is 2.62 bits per heavy atom. The molecule has 0 spiro atoms. The van der Waals surface area contributed by atoms with Crippen LogP contribution in [0.1, 0.15) is 5.56 Å². The SMILES string of the molecule is NC(Cc1c(O)c(O)cc(F)c1Br)C(=O)O. The topological polar surface area (TPSA) is 104 Å². The fourth-order valence-electron chi connectivity index (χ4n) is 1.15. The number of hydrogen-bond donors (Lipinski definition) is 4. The third-order valence-electron chi connectivity index (χ3n) is 2.01. The Labute approximate surface area is 98.4 Å². The number of hydrogen-bond acceptors (Lipinski definition) is 4. The van der Waals surface area contributed by atoms with Gasteiger partial charge in [0, 0.05) is 18.1 Å². The fourth-order valence-corrected chi connectivity index (χ4v) is 1.61. The van der Waals surface area contributed by atoms with Crippen molar-refractivity contribution < 1.29 is 24.5 Å². The van der Waals surface area contributed by atoms with E-state index in [1.54, 1.807) is 0 Å². The molecule has 88 valence electrons. The van der Waals surface area contributed by atoms with Crippen molar-refractivity contribution in [1.29, 1.82) is 0 Å². The van der Waals surface area contributed by atoms with E-state index in [1.165, 1.54) is 0 Å². The summed E-state index contributed by atoms with van der Waals surface area (Å²) in [6, 6.07) is -0.571. The molecule has 0 radical (unpaired) electrons. The number of carbonyl (C=O) groups is 1. The molecule has 1 aromatic carbocycles. The monoisotopic (exact) mass is 293 g/mol. The zero-order valence-electron chi connectivity index (χ0n) is 7.94. The maximum absolute atomic E-state index is 13.2. The molecule has 5 N–H and O–H groups in total. The first-order valence-corrected chi connectivity index (χ1v) is 5.01. The molecule has 0 aliphatic heterocycles. The molecule has 0 saturated heterocycles. The number of nitrogens with two attached hydrogens (primary N) is 1. The van der Waals surface area contributed by atoms with E-state index in [4.69, 9.17) is 15.9 Å². The number of aliphatic carboxylic acids is 1. The van der Waals surface area contributed by atoms with Crippen molar-refractivity contribution in [3.63, 3.8) is 0 Å². The predicted molar refractivity (Wildman–Crippen MR) is 56.7 cm³/mol. The number of phenols is 2. The molecule has 1 atom stereocenters. The minimum atomic E-state index is -1.29. The molecule has 0 saturated carbocycles. The molecule has 16 heavy (non-hydrogen) atoms. The van der Waals surface area contributed by atoms with Crippen molar-refractivity contribution in [2.45, 2.75) is 12.5 Å². The maximum atomic E-state index is 13.2. The minimum Gasteiger partial charge on any atom is -0.504 e. The molecule has 0 aromatic heterocycles. The van der Waals surface area contributed by atoms with Crippen molar-refractivity contribution in [3.05, 3.63) is 21.9 Å². The molecule has 1 rings (SSSR count). The highest BCUT2D eigenvalue weighted by Gasteiger charge is 2.21. The van der Waals surface area contributed by atoms with Crippen LogP contribution in [0.3, 0.4) is 0 Å². The largest absolute Gasteiger partial charge is 0.504 e. The van der Waals surface area contributed by atoms with Gasteiger partial charge < -0.3 is 21.1 Å². The lowest BCUT2D eigenvalue weighted by Gasteiger charge is -2.12. The Bertz CT molecular complexity index is 412. The molecule has 0 aliphatic carbocycles. The lowest BCUT2D eigenvalue weighted by Crippen LogP contribution is -2.32. The first kappa shape index (κ1) is 12.7. The highest BCUT2D eigenvalue weighted by molar-refractivity contribution is 9.10. The molecule has 0 fully saturated rings. The lowest BCUT2D eigenvalue weighted by molar-refractivity contribution is -0.138. The number of carboxylic acid groups (broad SMARTS) is 1. The van der Waals surface area contributed by atoms with Gasteiger partial charge in [-0.1, -0.05) is 0 Å². The van der Waals surface area contributed by atoms with Crippen LogP contribution in [0.5, 0.6) is 11.5 Å². The quantitative estimate of drug-likeness (QED) is 0.621. The van der Waals surface area contributed by atoms with Gasteiger partial charge in [-0.2, -0.15) is 0 Å². The summed E-state index contributed by atoms with van der Waals surface area (Å²) < 4.78 is 13.1. The average molecular weight is 294 g/mol. The van der Waals surface area contributed by atoms with Crippen LogP contribution in [-0.2, 0) is 11.2 Å². The molecule has 0 amide bonds. The van der Waals surface area contributed by atoms with E-state index in [9.17, 15) is 14.3 Å². The summed E-state index contributed by atoms with van der Waals surface area (Å²) in [6.45, 7) is 0. The number of aromatic hydroxyl groups is 2. The second-order valence-electron chi connectivity index (χ2n) is 3.17. The summed E-state index contributed by atoms with van der Waals surface area (Å²) >= 11 is 2.85. The molecular weight excluding hydrogens is 285 g/mol. The summed E-state index contributed by atoms with van der Waals surface area (Å²) in [6.07, 6.45) is -0.299. The molecule has 1 aromatic rings. The van der Waals surface area contributed by atoms with Gasteiger partial charge in [-0.25, -0.2) is 4.39 Å². The van der Waals surface area contributed by atoms with Crippen LogP contribution in [0.25, 0.3) is 0 Å². The van der Waals surface area contributed by atoms with Crippen LogP contribution in [0.4, 0.5) is 4.39 Å². The fraction of sp³-hybridized carbons (Fsp3) is 0.222. The Hall–Kier alpha value is -1.34. The van der Waals surface area contributed by atoms with Crippen molar-refractivity contribution >= 4 is 21.9 Å². The zero-order chi connectivity index (χ0) is 12.5. The molecule has 5 nitrogen and oxygen atoms in total. The smallest absolute Gasteiger partial charge is 0.320 e. The summed E-state index contributed by atoms with van der Waals surface area (Å²) in [4.78, 5) is 10.5. The second kappa shape index (κ2) is 4.67. The summed E-state index contributed by atoms with van der Waals surface area (Å²) in [7, 11) is 0. The van der Waals surface area contributed by atoms with Crippen LogP contribution < -0.4 is 5.73 Å². The third-order valence-corrected chi connectivity index (χ3v) is 2.87. The second-order valence-corrected chi connectivity index (χ2v) is 3.96. The lowest BCUT2D eigenvalue weighted by atomic mass is 10.0. The van der Waals surface area contributed by atoms with Gasteiger partial charge in [-0.3, -0.25) is 4.79 Å². The van der Waals surface area contributed by atoms with E-state index in [0.29, 0.717) is 0 Å². The van der Waals surface area contributed by atoms with E-state index in [-0.39, 0.29) is 16.5 Å². The Balaban J connectivity index is 3.17. The van der Waals surface area contributed by atoms with E-state index in [1.807, 2.05) is 0 Å². The van der Waals surface area contributed by atoms with Crippen LogP contribution in [0.15, 0.2) is 10.5 Å². The molecular formula is C9H9BrFNO4. The number of benzene rings is 1. The van der Waals surface area contributed by atoms with Crippen LogP contribution in [0.2, 0.25) is 0 Å². The van der Waals surface area contributed by atoms with E-state index in [0.717, 1.165) is 6.07 Å². The number of halogens is 2. The Morgan fingerprint density at radius 1 is 1.56 bits per heavy atom. The minimum absolute atomic E-state index is 0.0765. The first-order valence-electron chi connectivity index (χ1n) is 4.21. The predicted octanol–water partition coefficient (Wildman–Crippen LogP) is 0.954. The summed E-state index contributed by atoms with van der Waals surface area (Å²) in [5.41, 5.74) is 5.17. The Kier molecular flexibility index (Phi) is 3.71. The van der Waals surface area contributed by atoms with Crippen LogP contribution >= 0.6 is 15.9 Å². The van der Waals surface area contributed by atoms with E-state index < -0.39 is 29.3 Å². The van der Waals surface area contributed by atoms with Crippen molar-refractivity contribution in [1.82, 2.24) is 0 Å². The van der Waals surface area contributed by atoms with Gasteiger partial charge in [0.05, 0.1) is 4.47 Å². The maximum Gasteiger partial charge on any atom is 0.320 e. The van der Waals surface area contributed by atoms with Crippen molar-refractivity contribution in [2.75, 3.05) is 0 Å². The van der Waals surface area contributed by atoms with Crippen molar-refractivity contribution in [3.8, 4) is 11.5 Å². The average Bonchev–Trinajstić information content (AvgIpc) is 2.21. The van der Waals surface area contributed by atoms with Gasteiger partial charge in [-0.15, -0.1) is 0 Å². The van der Waals surface area contributed by atoms with Gasteiger partial charge in [0.2, 0.25) is 0 Å². The Morgan fingerprint density at radius 2 is 2.12 bits per heavy atom. The molecule has 7 heteroatoms. The highest BCUT2D eigenvalue weighted by Crippen LogP contribution is 2.37. The van der Waals surface area contributed by atoms with Gasteiger partial charge >= 0.3 is 5.97 Å². The zero-order valence-corrected chi connectivity index (χ0v) is 9.53. The first-order chi connectivity index (χ1) is 7.34. The number of rotatable bonds is 3. The van der Waals surface area contributed by atoms with Gasteiger partial charge in [0.15, 0.2) is 11.5 Å². The van der Waals surface area contributed by atoms with Gasteiger partial charge in [-0.05, 0) is 15.9 Å². The number of carboxylic acids is 1. The van der Waals surface area contributed by atoms with Crippen LogP contribution in [0, 0.1) is 5.82 Å².